The molecule has 0 saturated carbocycles. The van der Waals surface area contributed by atoms with E-state index in [0.717, 1.165) is 5.69 Å². The Morgan fingerprint density at radius 3 is 2.10 bits per heavy atom. The lowest BCUT2D eigenvalue weighted by molar-refractivity contribution is 0.102. The fourth-order valence-corrected chi connectivity index (χ4v) is 6.41. The lowest BCUT2D eigenvalue weighted by atomic mass is 10.1. The molecule has 10 heteroatoms. The molecule has 0 amide bonds. The number of nitrogens with zero attached hydrogens (tertiary/aromatic N) is 1. The lowest BCUT2D eigenvalue weighted by Gasteiger charge is -2.17. The minimum absolute atomic E-state index is 0.00940. The first-order chi connectivity index (χ1) is 14.1. The van der Waals surface area contributed by atoms with E-state index < -0.39 is 17.9 Å². The molecule has 0 aliphatic rings. The molecule has 3 aromatic carbocycles. The van der Waals surface area contributed by atoms with Crippen molar-refractivity contribution in [2.75, 3.05) is 29.5 Å². The van der Waals surface area contributed by atoms with Gasteiger partial charge in [0, 0.05) is 41.8 Å². The second-order valence-electron chi connectivity index (χ2n) is 6.69. The van der Waals surface area contributed by atoms with Gasteiger partial charge in [0.15, 0.2) is 5.78 Å². The van der Waals surface area contributed by atoms with Crippen LogP contribution in [0.15, 0.2) is 65.6 Å². The predicted molar refractivity (Wildman–Crippen MR) is 123 cm³/mol. The van der Waals surface area contributed by atoms with Gasteiger partial charge in [0.2, 0.25) is 0 Å². The molecule has 158 valence electrons. The second kappa shape index (κ2) is 8.29. The van der Waals surface area contributed by atoms with Crippen LogP contribution in [-0.2, 0) is 17.9 Å². The summed E-state index contributed by atoms with van der Waals surface area (Å²) in [6.07, 6.45) is 0. The van der Waals surface area contributed by atoms with Crippen LogP contribution in [0.5, 0.6) is 0 Å². The zero-order valence-corrected chi connectivity index (χ0v) is 18.8. The number of hydrogen-bond donors (Lipinski definition) is 2. The molecule has 3 rings (SSSR count). The molecule has 0 aliphatic carbocycles. The minimum Gasteiger partial charge on any atom is -0.377 e. The second-order valence-corrected chi connectivity index (χ2v) is 12.1. The minimum atomic E-state index is -4.82. The van der Waals surface area contributed by atoms with Crippen LogP contribution < -0.4 is 9.62 Å². The van der Waals surface area contributed by atoms with Crippen molar-refractivity contribution in [1.82, 2.24) is 0 Å². The molecule has 0 saturated heterocycles. The largest absolute Gasteiger partial charge is 0.377 e. The van der Waals surface area contributed by atoms with E-state index in [1.807, 2.05) is 25.1 Å². The number of carbonyl (C=O) groups excluding carboxylic acids is 1. The normalized spacial score (nSPS) is 12.0. The fraction of sp³-hybridized carbons (Fsp3) is 0.150. The molecular weight excluding hydrogens is 444 g/mol. The number of Topliss-reactive ketones (excluding diaryl/α,β-unsaturated/α-hetero) is 1. The van der Waals surface area contributed by atoms with Gasteiger partial charge in [-0.2, -0.15) is 21.0 Å². The number of thiol groups is 1. The van der Waals surface area contributed by atoms with E-state index in [0.29, 0.717) is 16.3 Å². The number of rotatable bonds is 7. The van der Waals surface area contributed by atoms with Crippen molar-refractivity contribution < 1.29 is 21.6 Å². The van der Waals surface area contributed by atoms with Crippen molar-refractivity contribution in [3.8, 4) is 0 Å². The van der Waals surface area contributed by atoms with Gasteiger partial charge >= 0.3 is 17.9 Å². The molecule has 1 N–H and O–H groups in total. The summed E-state index contributed by atoms with van der Waals surface area (Å²) in [6, 6.07) is 15.1. The van der Waals surface area contributed by atoms with Crippen LogP contribution in [0, 0.1) is 0 Å². The third kappa shape index (κ3) is 4.03. The van der Waals surface area contributed by atoms with E-state index in [-0.39, 0.29) is 22.1 Å². The van der Waals surface area contributed by atoms with Crippen molar-refractivity contribution in [2.45, 2.75) is 4.90 Å². The summed E-state index contributed by atoms with van der Waals surface area (Å²) in [5, 5.41) is 0.928. The molecule has 0 aliphatic heterocycles. The molecule has 0 fully saturated rings. The Labute approximate surface area is 180 Å². The van der Waals surface area contributed by atoms with Gasteiger partial charge in [-0.3, -0.25) is 9.52 Å². The number of ketones is 1. The highest BCUT2D eigenvalue weighted by atomic mass is 33.2. The molecule has 0 bridgehead atoms. The van der Waals surface area contributed by atoms with Gasteiger partial charge < -0.3 is 4.90 Å². The highest BCUT2D eigenvalue weighted by molar-refractivity contribution is 8.67. The summed E-state index contributed by atoms with van der Waals surface area (Å²) < 4.78 is 53.7. The van der Waals surface area contributed by atoms with E-state index in [4.69, 9.17) is 0 Å². The summed E-state index contributed by atoms with van der Waals surface area (Å²) in [5.74, 6) is -0.219. The molecule has 0 radical (unpaired) electrons. The van der Waals surface area contributed by atoms with Gasteiger partial charge in [-0.05, 0) is 36.4 Å². The zero-order valence-electron chi connectivity index (χ0n) is 16.2. The summed E-state index contributed by atoms with van der Waals surface area (Å²) in [4.78, 5) is 13.2. The fourth-order valence-electron chi connectivity index (χ4n) is 3.01. The molecule has 0 unspecified atom stereocenters. The molecule has 0 heterocycles. The first kappa shape index (κ1) is 22.1. The van der Waals surface area contributed by atoms with Crippen molar-refractivity contribution >= 4 is 58.5 Å². The monoisotopic (exact) mass is 464 g/mol. The Bertz CT molecular complexity index is 1320. The van der Waals surface area contributed by atoms with Crippen LogP contribution in [0.25, 0.3) is 10.8 Å². The zero-order chi connectivity index (χ0) is 22.1. The highest BCUT2D eigenvalue weighted by Gasteiger charge is 2.33. The summed E-state index contributed by atoms with van der Waals surface area (Å²) in [5.41, 5.74) is 1.14. The first-order valence-corrected chi connectivity index (χ1v) is 12.9. The van der Waals surface area contributed by atoms with Crippen molar-refractivity contribution in [3.05, 3.63) is 66.2 Å². The van der Waals surface area contributed by atoms with Crippen molar-refractivity contribution in [3.63, 3.8) is 0 Å². The number of nitrogens with one attached hydrogen (secondary N) is 1. The maximum atomic E-state index is 13.0. The van der Waals surface area contributed by atoms with E-state index >= 15 is 0 Å². The average molecular weight is 465 g/mol. The standard InChI is InChI=1S/C20H20N2O5S3/c1-22(2)18-7-3-6-17-16(18)5-4-8-20(17)29(24,25)30(26,27)21-15-11-9-14(10-12-15)19(23)13-28/h3-12,21,28H,13H2,1-2H3. The molecular formula is C20H20N2O5S3. The Morgan fingerprint density at radius 1 is 0.900 bits per heavy atom. The Hall–Kier alpha value is -2.56. The number of benzene rings is 3. The van der Waals surface area contributed by atoms with E-state index in [1.54, 1.807) is 18.2 Å². The number of anilines is 2. The van der Waals surface area contributed by atoms with Crippen molar-refractivity contribution in [1.29, 1.82) is 0 Å². The van der Waals surface area contributed by atoms with Gasteiger partial charge in [0.1, 0.15) is 0 Å². The number of fused-ring (bicyclic) bond motifs is 1. The van der Waals surface area contributed by atoms with Crippen LogP contribution in [0.4, 0.5) is 11.4 Å². The van der Waals surface area contributed by atoms with Gasteiger partial charge in [-0.15, -0.1) is 0 Å². The maximum Gasteiger partial charge on any atom is 0.343 e. The third-order valence-corrected chi connectivity index (χ3v) is 9.26. The Morgan fingerprint density at radius 2 is 1.50 bits per heavy atom. The van der Waals surface area contributed by atoms with Crippen LogP contribution in [0.1, 0.15) is 10.4 Å². The van der Waals surface area contributed by atoms with E-state index in [9.17, 15) is 21.6 Å². The summed E-state index contributed by atoms with van der Waals surface area (Å²) in [7, 11) is -5.96. The molecule has 0 atom stereocenters. The highest BCUT2D eigenvalue weighted by Crippen LogP contribution is 2.32. The lowest BCUT2D eigenvalue weighted by Crippen LogP contribution is -2.24. The molecule has 0 spiro atoms. The average Bonchev–Trinajstić information content (AvgIpc) is 2.72. The molecule has 7 nitrogen and oxygen atoms in total. The van der Waals surface area contributed by atoms with Crippen LogP contribution in [-0.4, -0.2) is 42.5 Å². The van der Waals surface area contributed by atoms with Gasteiger partial charge in [0.25, 0.3) is 0 Å². The molecule has 30 heavy (non-hydrogen) atoms. The topological polar surface area (TPSA) is 101 Å². The quantitative estimate of drug-likeness (QED) is 0.317. The van der Waals surface area contributed by atoms with Crippen LogP contribution >= 0.6 is 12.6 Å². The van der Waals surface area contributed by atoms with Crippen LogP contribution in [0.3, 0.4) is 0 Å². The third-order valence-electron chi connectivity index (χ3n) is 4.49. The maximum absolute atomic E-state index is 13.0. The Kier molecular flexibility index (Phi) is 6.11. The van der Waals surface area contributed by atoms with Crippen LogP contribution in [0.2, 0.25) is 0 Å². The van der Waals surface area contributed by atoms with E-state index in [2.05, 4.69) is 17.4 Å². The SMILES string of the molecule is CN(C)c1cccc2c(S(=O)(=O)S(=O)(=O)Nc3ccc(C(=O)CS)cc3)cccc12. The summed E-state index contributed by atoms with van der Waals surface area (Å²) in [6.45, 7) is 0. The van der Waals surface area contributed by atoms with Crippen molar-refractivity contribution in [2.24, 2.45) is 0 Å². The first-order valence-electron chi connectivity index (χ1n) is 8.79. The van der Waals surface area contributed by atoms with Gasteiger partial charge in [-0.1, -0.05) is 24.3 Å². The number of carbonyl (C=O) groups is 1. The predicted octanol–water partition coefficient (Wildman–Crippen LogP) is 3.15. The van der Waals surface area contributed by atoms with Gasteiger partial charge in [-0.25, -0.2) is 8.42 Å². The van der Waals surface area contributed by atoms with E-state index in [1.165, 1.54) is 36.4 Å². The summed E-state index contributed by atoms with van der Waals surface area (Å²) >= 11 is 3.91. The molecule has 0 aromatic heterocycles. The Balaban J connectivity index is 2.04. The molecule has 3 aromatic rings. The van der Waals surface area contributed by atoms with Gasteiger partial charge in [0.05, 0.1) is 10.6 Å². The number of hydrogen-bond acceptors (Lipinski definition) is 7. The smallest absolute Gasteiger partial charge is 0.343 e.